The van der Waals surface area contributed by atoms with Crippen LogP contribution in [0, 0.1) is 38.4 Å². The summed E-state index contributed by atoms with van der Waals surface area (Å²) in [5, 5.41) is 3.11. The highest BCUT2D eigenvalue weighted by molar-refractivity contribution is 6.34. The van der Waals surface area contributed by atoms with E-state index in [9.17, 15) is 22.4 Å². The molecule has 4 aromatic carbocycles. The highest BCUT2D eigenvalue weighted by Gasteiger charge is 2.42. The Labute approximate surface area is 280 Å². The number of nitrogens with zero attached hydrogens (tertiary/aromatic N) is 3. The van der Waals surface area contributed by atoms with Gasteiger partial charge in [0.1, 0.15) is 11.3 Å². The molecule has 0 unspecified atom stereocenters. The maximum absolute atomic E-state index is 14.6. The number of hydrogen-bond donors (Lipinski definition) is 1. The summed E-state index contributed by atoms with van der Waals surface area (Å²) in [6, 6.07) is 19.5. The number of esters is 1. The van der Waals surface area contributed by atoms with Crippen molar-refractivity contribution in [1.82, 2.24) is 14.9 Å². The Balaban J connectivity index is 1.63. The third-order valence-electron chi connectivity index (χ3n) is 8.27. The predicted molar refractivity (Wildman–Crippen MR) is 179 cm³/mol. The maximum Gasteiger partial charge on any atom is 0.491 e. The average Bonchev–Trinajstić information content (AvgIpc) is 3.40. The minimum absolute atomic E-state index is 0.103. The van der Waals surface area contributed by atoms with Crippen LogP contribution in [0.15, 0.2) is 66.7 Å². The summed E-state index contributed by atoms with van der Waals surface area (Å²) in [6.07, 6.45) is -5.27. The topological polar surface area (TPSA) is 59.4 Å². The number of halogens is 5. The number of aromatic nitrogens is 2. The molecule has 6 rings (SSSR count). The van der Waals surface area contributed by atoms with Crippen LogP contribution in [0.25, 0.3) is 22.2 Å². The first-order chi connectivity index (χ1) is 22.9. The lowest BCUT2D eigenvalue weighted by Crippen LogP contribution is -2.44. The van der Waals surface area contributed by atoms with E-state index >= 15 is 0 Å². The molecule has 5 aromatic rings. The van der Waals surface area contributed by atoms with Gasteiger partial charge in [-0.3, -0.25) is 0 Å². The third-order valence-corrected chi connectivity index (χ3v) is 8.55. The first-order valence-electron chi connectivity index (χ1n) is 15.3. The molecule has 0 saturated carbocycles. The molecule has 1 saturated heterocycles. The number of piperazine rings is 1. The monoisotopic (exact) mass is 674 g/mol. The van der Waals surface area contributed by atoms with E-state index in [1.54, 1.807) is 50.2 Å². The summed E-state index contributed by atoms with van der Waals surface area (Å²) in [4.78, 5) is 19.4. The molecule has 1 fully saturated rings. The van der Waals surface area contributed by atoms with Crippen molar-refractivity contribution in [2.24, 2.45) is 0 Å². The number of carbonyl (C=O) groups excluding carboxylic acids is 1. The summed E-state index contributed by atoms with van der Waals surface area (Å²) in [6.45, 7) is 8.20. The lowest BCUT2D eigenvalue weighted by atomic mass is 9.97. The average molecular weight is 675 g/mol. The molecular weight excluding hydrogens is 644 g/mol. The van der Waals surface area contributed by atoms with E-state index in [1.807, 2.05) is 35.8 Å². The number of carbonyl (C=O) groups is 1. The van der Waals surface area contributed by atoms with Gasteiger partial charge in [0, 0.05) is 42.9 Å². The fourth-order valence-corrected chi connectivity index (χ4v) is 6.16. The quantitative estimate of drug-likeness (QED) is 0.0895. The summed E-state index contributed by atoms with van der Waals surface area (Å²) in [7, 11) is 0. The predicted octanol–water partition coefficient (Wildman–Crippen LogP) is 7.75. The molecule has 2 heterocycles. The lowest BCUT2D eigenvalue weighted by molar-refractivity contribution is -0.189. The van der Waals surface area contributed by atoms with Crippen LogP contribution in [-0.2, 0) is 11.3 Å². The van der Waals surface area contributed by atoms with Gasteiger partial charge in [-0.05, 0) is 61.2 Å². The van der Waals surface area contributed by atoms with Crippen molar-refractivity contribution in [3.05, 3.63) is 111 Å². The molecule has 11 heteroatoms. The van der Waals surface area contributed by atoms with Crippen LogP contribution in [0.3, 0.4) is 0 Å². The normalized spacial score (nSPS) is 13.4. The zero-order valence-corrected chi connectivity index (χ0v) is 27.2. The molecule has 1 N–H and O–H groups in total. The van der Waals surface area contributed by atoms with E-state index in [0.717, 1.165) is 16.7 Å². The standard InChI is InChI=1S/C37H31ClF4N4O2/c1-22-8-4-5-9-26(22)12-13-27-10-6-7-11-28(27)31-33-30(20-29(38)34(31)48-35(47)37(40,41)42)46(36(44-33)45-16-14-43-15-17-45)21-25-18-23(2)32(39)24(3)19-25/h4-11,18-20,43H,14-17,21H2,1-3H3. The zero-order chi connectivity index (χ0) is 34.2. The zero-order valence-electron chi connectivity index (χ0n) is 26.4. The Hall–Kier alpha value is -4.85. The van der Waals surface area contributed by atoms with Gasteiger partial charge in [-0.2, -0.15) is 13.2 Å². The Morgan fingerprint density at radius 1 is 0.938 bits per heavy atom. The summed E-state index contributed by atoms with van der Waals surface area (Å²) in [5.74, 6) is 3.70. The molecule has 0 radical (unpaired) electrons. The van der Waals surface area contributed by atoms with Crippen LogP contribution >= 0.6 is 11.6 Å². The maximum atomic E-state index is 14.6. The van der Waals surface area contributed by atoms with E-state index in [-0.39, 0.29) is 28.5 Å². The number of fused-ring (bicyclic) bond motifs is 1. The van der Waals surface area contributed by atoms with Crippen molar-refractivity contribution in [1.29, 1.82) is 0 Å². The minimum Gasteiger partial charge on any atom is -0.418 e. The fraction of sp³-hybridized carbons (Fsp3) is 0.243. The van der Waals surface area contributed by atoms with Crippen LogP contribution in [0.1, 0.15) is 33.4 Å². The summed E-state index contributed by atoms with van der Waals surface area (Å²) in [5.41, 5.74) is 5.25. The van der Waals surface area contributed by atoms with Gasteiger partial charge in [-0.25, -0.2) is 14.2 Å². The van der Waals surface area contributed by atoms with Gasteiger partial charge in [0.25, 0.3) is 0 Å². The van der Waals surface area contributed by atoms with Crippen molar-refractivity contribution in [2.75, 3.05) is 31.1 Å². The number of anilines is 1. The van der Waals surface area contributed by atoms with Crippen molar-refractivity contribution < 1.29 is 27.1 Å². The number of imidazole rings is 1. The number of benzene rings is 4. The number of aryl methyl sites for hydroxylation is 3. The van der Waals surface area contributed by atoms with Crippen molar-refractivity contribution in [3.63, 3.8) is 0 Å². The smallest absolute Gasteiger partial charge is 0.418 e. The van der Waals surface area contributed by atoms with Crippen LogP contribution < -0.4 is 15.0 Å². The molecule has 1 aromatic heterocycles. The lowest BCUT2D eigenvalue weighted by Gasteiger charge is -2.29. The molecule has 6 nitrogen and oxygen atoms in total. The van der Waals surface area contributed by atoms with E-state index in [0.29, 0.717) is 59.9 Å². The van der Waals surface area contributed by atoms with Crippen LogP contribution in [0.5, 0.6) is 5.75 Å². The number of rotatable bonds is 5. The van der Waals surface area contributed by atoms with Gasteiger partial charge in [0.15, 0.2) is 5.75 Å². The number of nitrogens with one attached hydrogen (secondary N) is 1. The van der Waals surface area contributed by atoms with Gasteiger partial charge in [-0.15, -0.1) is 0 Å². The van der Waals surface area contributed by atoms with E-state index in [2.05, 4.69) is 22.1 Å². The van der Waals surface area contributed by atoms with Crippen molar-refractivity contribution in [3.8, 4) is 28.7 Å². The molecule has 1 aliphatic heterocycles. The second kappa shape index (κ2) is 13.3. The molecule has 48 heavy (non-hydrogen) atoms. The molecule has 0 aliphatic carbocycles. The molecule has 0 atom stereocenters. The molecule has 0 spiro atoms. The fourth-order valence-electron chi connectivity index (χ4n) is 5.93. The van der Waals surface area contributed by atoms with Gasteiger partial charge < -0.3 is 19.5 Å². The second-order valence-corrected chi connectivity index (χ2v) is 12.1. The Morgan fingerprint density at radius 2 is 1.56 bits per heavy atom. The minimum atomic E-state index is -5.27. The SMILES string of the molecule is Cc1ccccc1C#Cc1ccccc1-c1c(OC(=O)C(F)(F)F)c(Cl)cc2c1nc(N1CCNCC1)n2Cc1cc(C)c(F)c(C)c1. The number of hydrogen-bond acceptors (Lipinski definition) is 5. The number of alkyl halides is 3. The summed E-state index contributed by atoms with van der Waals surface area (Å²) >= 11 is 6.74. The molecule has 0 bridgehead atoms. The van der Waals surface area contributed by atoms with Crippen LogP contribution in [0.4, 0.5) is 23.5 Å². The first-order valence-corrected chi connectivity index (χ1v) is 15.7. The largest absolute Gasteiger partial charge is 0.491 e. The highest BCUT2D eigenvalue weighted by atomic mass is 35.5. The van der Waals surface area contributed by atoms with Gasteiger partial charge in [0.2, 0.25) is 5.95 Å². The van der Waals surface area contributed by atoms with Gasteiger partial charge in [-0.1, -0.05) is 72.0 Å². The Morgan fingerprint density at radius 3 is 2.23 bits per heavy atom. The Bertz CT molecular complexity index is 2080. The number of ether oxygens (including phenoxy) is 1. The van der Waals surface area contributed by atoms with E-state index in [4.69, 9.17) is 21.3 Å². The van der Waals surface area contributed by atoms with Crippen molar-refractivity contribution >= 4 is 34.6 Å². The van der Waals surface area contributed by atoms with Gasteiger partial charge >= 0.3 is 12.1 Å². The molecular formula is C37H31ClF4N4O2. The second-order valence-electron chi connectivity index (χ2n) is 11.7. The van der Waals surface area contributed by atoms with Crippen LogP contribution in [-0.4, -0.2) is 47.9 Å². The van der Waals surface area contributed by atoms with Crippen molar-refractivity contribution in [2.45, 2.75) is 33.5 Å². The molecule has 1 aliphatic rings. The third kappa shape index (κ3) is 6.61. The van der Waals surface area contributed by atoms with E-state index in [1.165, 1.54) is 6.07 Å². The first kappa shape index (κ1) is 33.1. The van der Waals surface area contributed by atoms with Gasteiger partial charge in [0.05, 0.1) is 22.6 Å². The highest BCUT2D eigenvalue weighted by Crippen LogP contribution is 2.45. The molecule has 246 valence electrons. The van der Waals surface area contributed by atoms with E-state index < -0.39 is 17.9 Å². The Kier molecular flexibility index (Phi) is 9.19. The molecule has 0 amide bonds. The van der Waals surface area contributed by atoms with Crippen LogP contribution in [0.2, 0.25) is 5.02 Å². The summed E-state index contributed by atoms with van der Waals surface area (Å²) < 4.78 is 62.3.